The lowest BCUT2D eigenvalue weighted by atomic mass is 9.93. The van der Waals surface area contributed by atoms with Gasteiger partial charge in [-0.1, -0.05) is 140 Å². The Balaban J connectivity index is 1.02. The fourth-order valence-electron chi connectivity index (χ4n) is 8.20. The Morgan fingerprint density at radius 3 is 1.69 bits per heavy atom. The molecule has 0 saturated carbocycles. The van der Waals surface area contributed by atoms with E-state index in [0.717, 1.165) is 22.7 Å². The summed E-state index contributed by atoms with van der Waals surface area (Å²) in [4.78, 5) is 7.63. The monoisotopic (exact) mass is 704 g/mol. The fraction of sp³-hybridized carbons (Fsp3) is 0. The Hall–Kier alpha value is -6.81. The Labute approximate surface area is 316 Å². The van der Waals surface area contributed by atoms with Crippen LogP contribution in [0.1, 0.15) is 0 Å². The molecule has 0 fully saturated rings. The van der Waals surface area contributed by atoms with Crippen LogP contribution in [0.25, 0.3) is 85.6 Å². The van der Waals surface area contributed by atoms with Crippen molar-refractivity contribution in [3.8, 4) is 22.3 Å². The lowest BCUT2D eigenvalue weighted by Crippen LogP contribution is -2.11. The van der Waals surface area contributed by atoms with Gasteiger partial charge in [-0.3, -0.25) is 4.90 Å². The second kappa shape index (κ2) is 12.4. The van der Waals surface area contributed by atoms with Gasteiger partial charge in [0.2, 0.25) is 0 Å². The molecule has 0 bridgehead atoms. The molecule has 2 aromatic heterocycles. The molecule has 9 aromatic carbocycles. The highest BCUT2D eigenvalue weighted by Gasteiger charge is 2.18. The van der Waals surface area contributed by atoms with Crippen molar-refractivity contribution in [1.29, 1.82) is 0 Å². The fourth-order valence-corrected chi connectivity index (χ4v) is 9.24. The number of benzene rings is 9. The van der Waals surface area contributed by atoms with Crippen LogP contribution >= 0.6 is 11.3 Å². The standard InChI is InChI=1S/C51H32N2S/c1-3-11-41-34(9-1)17-18-38-31-36(23-28-43(38)41)33-19-24-39(25-20-33)53(50-30-29-49-51(52-50)46-15-7-8-16-48(46)54-49)40-26-21-35(22-27-40)47-32-37-10-2-4-12-42(37)44-13-5-6-14-45(44)47/h1-32H. The summed E-state index contributed by atoms with van der Waals surface area (Å²) >= 11 is 1.79. The first-order valence-corrected chi connectivity index (χ1v) is 19.2. The average molecular weight is 705 g/mol. The molecule has 3 heteroatoms. The van der Waals surface area contributed by atoms with Crippen LogP contribution in [0.15, 0.2) is 194 Å². The molecule has 0 aliphatic heterocycles. The van der Waals surface area contributed by atoms with Crippen LogP contribution in [0.4, 0.5) is 17.2 Å². The van der Waals surface area contributed by atoms with Gasteiger partial charge >= 0.3 is 0 Å². The summed E-state index contributed by atoms with van der Waals surface area (Å²) in [7, 11) is 0. The highest BCUT2D eigenvalue weighted by atomic mass is 32.1. The summed E-state index contributed by atoms with van der Waals surface area (Å²) < 4.78 is 2.45. The predicted molar refractivity (Wildman–Crippen MR) is 233 cm³/mol. The van der Waals surface area contributed by atoms with Crippen molar-refractivity contribution in [3.05, 3.63) is 194 Å². The van der Waals surface area contributed by atoms with Gasteiger partial charge in [0.15, 0.2) is 0 Å². The molecule has 0 aliphatic rings. The minimum absolute atomic E-state index is 0.889. The number of hydrogen-bond acceptors (Lipinski definition) is 3. The summed E-state index contributed by atoms with van der Waals surface area (Å²) in [6.07, 6.45) is 0. The molecular weight excluding hydrogens is 673 g/mol. The van der Waals surface area contributed by atoms with Crippen molar-refractivity contribution < 1.29 is 0 Å². The molecule has 0 atom stereocenters. The number of nitrogens with zero attached hydrogens (tertiary/aromatic N) is 2. The molecule has 2 nitrogen and oxygen atoms in total. The zero-order chi connectivity index (χ0) is 35.6. The van der Waals surface area contributed by atoms with Crippen molar-refractivity contribution >= 4 is 91.9 Å². The zero-order valence-corrected chi connectivity index (χ0v) is 30.1. The van der Waals surface area contributed by atoms with E-state index in [9.17, 15) is 0 Å². The second-order valence-electron chi connectivity index (χ2n) is 14.0. The Kier molecular flexibility index (Phi) is 7.07. The minimum Gasteiger partial charge on any atom is -0.295 e. The van der Waals surface area contributed by atoms with E-state index in [1.165, 1.54) is 80.1 Å². The molecule has 0 spiro atoms. The lowest BCUT2D eigenvalue weighted by Gasteiger charge is -2.25. The van der Waals surface area contributed by atoms with Gasteiger partial charge in [-0.25, -0.2) is 4.98 Å². The first-order valence-electron chi connectivity index (χ1n) is 18.4. The number of fused-ring (bicyclic) bond motifs is 9. The number of aromatic nitrogens is 1. The van der Waals surface area contributed by atoms with E-state index < -0.39 is 0 Å². The van der Waals surface area contributed by atoms with Crippen LogP contribution in [-0.4, -0.2) is 4.98 Å². The van der Waals surface area contributed by atoms with E-state index in [1.54, 1.807) is 11.3 Å². The molecule has 2 heterocycles. The van der Waals surface area contributed by atoms with Crippen LogP contribution < -0.4 is 4.90 Å². The third kappa shape index (κ3) is 5.05. The Morgan fingerprint density at radius 2 is 0.907 bits per heavy atom. The van der Waals surface area contributed by atoms with Crippen molar-refractivity contribution in [2.24, 2.45) is 0 Å². The van der Waals surface area contributed by atoms with E-state index in [0.29, 0.717) is 0 Å². The molecule has 0 saturated heterocycles. The first kappa shape index (κ1) is 30.8. The summed E-state index contributed by atoms with van der Waals surface area (Å²) in [6.45, 7) is 0. The molecular formula is C51H32N2S. The predicted octanol–water partition coefficient (Wildman–Crippen LogP) is 14.9. The van der Waals surface area contributed by atoms with Crippen LogP contribution in [0.2, 0.25) is 0 Å². The topological polar surface area (TPSA) is 16.1 Å². The number of pyridine rings is 1. The van der Waals surface area contributed by atoms with E-state index >= 15 is 0 Å². The zero-order valence-electron chi connectivity index (χ0n) is 29.3. The highest BCUT2D eigenvalue weighted by Crippen LogP contribution is 2.41. The third-order valence-corrected chi connectivity index (χ3v) is 12.0. The second-order valence-corrected chi connectivity index (χ2v) is 15.0. The number of anilines is 3. The van der Waals surface area contributed by atoms with Crippen molar-refractivity contribution in [3.63, 3.8) is 0 Å². The molecule has 54 heavy (non-hydrogen) atoms. The van der Waals surface area contributed by atoms with Crippen LogP contribution in [0.5, 0.6) is 0 Å². The Bertz CT molecular complexity index is 3210. The molecule has 0 aliphatic carbocycles. The van der Waals surface area contributed by atoms with E-state index in [2.05, 4.69) is 199 Å². The maximum atomic E-state index is 5.35. The summed E-state index contributed by atoms with van der Waals surface area (Å²) in [5, 5.41) is 11.3. The van der Waals surface area contributed by atoms with Gasteiger partial charge in [0, 0.05) is 21.5 Å². The van der Waals surface area contributed by atoms with Crippen LogP contribution in [0, 0.1) is 0 Å². The Morgan fingerprint density at radius 1 is 0.352 bits per heavy atom. The summed E-state index contributed by atoms with van der Waals surface area (Å²) in [6, 6.07) is 70.5. The van der Waals surface area contributed by atoms with E-state index in [1.807, 2.05) is 0 Å². The average Bonchev–Trinajstić information content (AvgIpc) is 3.62. The molecule has 0 radical (unpaired) electrons. The third-order valence-electron chi connectivity index (χ3n) is 10.8. The SMILES string of the molecule is c1ccc2c(c1)ccc1cc(-c3ccc(N(c4ccc(-c5cc6ccccc6c6ccccc56)cc4)c4ccc5sc6ccccc6c5n4)cc3)ccc12. The highest BCUT2D eigenvalue weighted by molar-refractivity contribution is 7.25. The maximum Gasteiger partial charge on any atom is 0.138 e. The quantitative estimate of drug-likeness (QED) is 0.166. The first-order chi connectivity index (χ1) is 26.7. The summed E-state index contributed by atoms with van der Waals surface area (Å²) in [5.74, 6) is 0.889. The molecule has 252 valence electrons. The van der Waals surface area contributed by atoms with E-state index in [4.69, 9.17) is 4.98 Å². The molecule has 0 amide bonds. The minimum atomic E-state index is 0.889. The molecule has 0 unspecified atom stereocenters. The number of rotatable bonds is 5. The van der Waals surface area contributed by atoms with Crippen LogP contribution in [0.3, 0.4) is 0 Å². The number of thiophene rings is 1. The smallest absolute Gasteiger partial charge is 0.138 e. The van der Waals surface area contributed by atoms with E-state index in [-0.39, 0.29) is 0 Å². The van der Waals surface area contributed by atoms with Crippen molar-refractivity contribution in [2.75, 3.05) is 4.90 Å². The van der Waals surface area contributed by atoms with Gasteiger partial charge in [-0.2, -0.15) is 0 Å². The van der Waals surface area contributed by atoms with Crippen LogP contribution in [-0.2, 0) is 0 Å². The number of hydrogen-bond donors (Lipinski definition) is 0. The van der Waals surface area contributed by atoms with Gasteiger partial charge in [0.25, 0.3) is 0 Å². The van der Waals surface area contributed by atoms with Gasteiger partial charge in [0.1, 0.15) is 5.82 Å². The molecule has 11 aromatic rings. The largest absolute Gasteiger partial charge is 0.295 e. The summed E-state index contributed by atoms with van der Waals surface area (Å²) in [5.41, 5.74) is 7.96. The van der Waals surface area contributed by atoms with Gasteiger partial charge in [-0.15, -0.1) is 11.3 Å². The normalized spacial score (nSPS) is 11.7. The van der Waals surface area contributed by atoms with Crippen molar-refractivity contribution in [1.82, 2.24) is 4.98 Å². The van der Waals surface area contributed by atoms with Gasteiger partial charge in [-0.05, 0) is 120 Å². The lowest BCUT2D eigenvalue weighted by molar-refractivity contribution is 1.21. The van der Waals surface area contributed by atoms with Gasteiger partial charge in [0.05, 0.1) is 10.2 Å². The van der Waals surface area contributed by atoms with Gasteiger partial charge < -0.3 is 0 Å². The molecule has 0 N–H and O–H groups in total. The maximum absolute atomic E-state index is 5.35. The molecule has 11 rings (SSSR count). The van der Waals surface area contributed by atoms with Crippen molar-refractivity contribution in [2.45, 2.75) is 0 Å².